The normalized spacial score (nSPS) is 12.3. The number of hydrogen-bond acceptors (Lipinski definition) is 2. The third kappa shape index (κ3) is 4.19. The average molecular weight is 256 g/mol. The lowest BCUT2D eigenvalue weighted by atomic mass is 10.00. The van der Waals surface area contributed by atoms with Crippen LogP contribution in [0.1, 0.15) is 22.6 Å². The minimum Gasteiger partial charge on any atom is -0.396 e. The van der Waals surface area contributed by atoms with Crippen molar-refractivity contribution in [3.63, 3.8) is 0 Å². The SMILES string of the molecule is Cc1ccc(C(CO)COCc2ccccc2)cc1. The number of aliphatic hydroxyl groups is 1. The highest BCUT2D eigenvalue weighted by Crippen LogP contribution is 2.17. The lowest BCUT2D eigenvalue weighted by Gasteiger charge is -2.15. The van der Waals surface area contributed by atoms with E-state index in [-0.39, 0.29) is 12.5 Å². The van der Waals surface area contributed by atoms with Crippen LogP contribution in [-0.4, -0.2) is 18.3 Å². The summed E-state index contributed by atoms with van der Waals surface area (Å²) in [4.78, 5) is 0. The summed E-state index contributed by atoms with van der Waals surface area (Å²) in [6.07, 6.45) is 0. The molecule has 2 heteroatoms. The molecule has 2 rings (SSSR count). The molecule has 1 N–H and O–H groups in total. The molecule has 0 aliphatic carbocycles. The number of rotatable bonds is 6. The molecule has 0 spiro atoms. The van der Waals surface area contributed by atoms with Crippen molar-refractivity contribution < 1.29 is 9.84 Å². The fraction of sp³-hybridized carbons (Fsp3) is 0.294. The zero-order chi connectivity index (χ0) is 13.5. The number of ether oxygens (including phenoxy) is 1. The van der Waals surface area contributed by atoms with Gasteiger partial charge >= 0.3 is 0 Å². The van der Waals surface area contributed by atoms with Crippen molar-refractivity contribution in [1.82, 2.24) is 0 Å². The molecule has 0 radical (unpaired) electrons. The van der Waals surface area contributed by atoms with Crippen LogP contribution in [0.2, 0.25) is 0 Å². The molecule has 2 nitrogen and oxygen atoms in total. The van der Waals surface area contributed by atoms with Crippen LogP contribution in [0.25, 0.3) is 0 Å². The van der Waals surface area contributed by atoms with Crippen molar-refractivity contribution in [3.05, 3.63) is 71.3 Å². The molecule has 2 aromatic carbocycles. The average Bonchev–Trinajstić information content (AvgIpc) is 2.46. The number of hydrogen-bond donors (Lipinski definition) is 1. The Morgan fingerprint density at radius 3 is 2.32 bits per heavy atom. The molecular weight excluding hydrogens is 236 g/mol. The van der Waals surface area contributed by atoms with E-state index in [1.54, 1.807) is 0 Å². The standard InChI is InChI=1S/C17H20O2/c1-14-7-9-16(10-8-14)17(11-18)13-19-12-15-5-3-2-4-6-15/h2-10,17-18H,11-13H2,1H3. The molecule has 0 aromatic heterocycles. The Labute approximate surface area is 114 Å². The van der Waals surface area contributed by atoms with Crippen LogP contribution >= 0.6 is 0 Å². The number of aliphatic hydroxyl groups excluding tert-OH is 1. The third-order valence-electron chi connectivity index (χ3n) is 3.20. The molecule has 0 aliphatic heterocycles. The van der Waals surface area contributed by atoms with E-state index in [9.17, 15) is 5.11 Å². The monoisotopic (exact) mass is 256 g/mol. The summed E-state index contributed by atoms with van der Waals surface area (Å²) in [7, 11) is 0. The summed E-state index contributed by atoms with van der Waals surface area (Å²) in [5, 5.41) is 9.47. The first-order valence-corrected chi connectivity index (χ1v) is 6.58. The minimum absolute atomic E-state index is 0.0457. The van der Waals surface area contributed by atoms with Crippen LogP contribution in [0.4, 0.5) is 0 Å². The first-order chi connectivity index (χ1) is 9.29. The van der Waals surface area contributed by atoms with E-state index in [2.05, 4.69) is 31.2 Å². The smallest absolute Gasteiger partial charge is 0.0717 e. The molecule has 0 amide bonds. The van der Waals surface area contributed by atoms with Gasteiger partial charge in [-0.3, -0.25) is 0 Å². The summed E-state index contributed by atoms with van der Waals surface area (Å²) in [6.45, 7) is 3.29. The molecule has 0 bridgehead atoms. The Balaban J connectivity index is 1.87. The van der Waals surface area contributed by atoms with E-state index in [1.807, 2.05) is 30.3 Å². The zero-order valence-electron chi connectivity index (χ0n) is 11.3. The molecule has 2 aromatic rings. The maximum Gasteiger partial charge on any atom is 0.0717 e. The lowest BCUT2D eigenvalue weighted by Crippen LogP contribution is -2.12. The highest BCUT2D eigenvalue weighted by atomic mass is 16.5. The zero-order valence-corrected chi connectivity index (χ0v) is 11.3. The van der Waals surface area contributed by atoms with Gasteiger partial charge in [-0.25, -0.2) is 0 Å². The van der Waals surface area contributed by atoms with Crippen molar-refractivity contribution in [2.75, 3.05) is 13.2 Å². The van der Waals surface area contributed by atoms with Gasteiger partial charge in [-0.2, -0.15) is 0 Å². The maximum absolute atomic E-state index is 9.47. The second kappa shape index (κ2) is 7.07. The highest BCUT2D eigenvalue weighted by Gasteiger charge is 2.10. The summed E-state index contributed by atoms with van der Waals surface area (Å²) in [5.41, 5.74) is 3.51. The topological polar surface area (TPSA) is 29.5 Å². The minimum atomic E-state index is 0.0457. The van der Waals surface area contributed by atoms with Crippen molar-refractivity contribution in [2.24, 2.45) is 0 Å². The van der Waals surface area contributed by atoms with Gasteiger partial charge in [-0.15, -0.1) is 0 Å². The molecule has 1 unspecified atom stereocenters. The van der Waals surface area contributed by atoms with Crippen LogP contribution < -0.4 is 0 Å². The largest absolute Gasteiger partial charge is 0.396 e. The fourth-order valence-corrected chi connectivity index (χ4v) is 1.99. The predicted molar refractivity (Wildman–Crippen MR) is 77.1 cm³/mol. The molecule has 0 saturated heterocycles. The van der Waals surface area contributed by atoms with Crippen LogP contribution in [0.15, 0.2) is 54.6 Å². The Morgan fingerprint density at radius 1 is 1.00 bits per heavy atom. The molecule has 0 heterocycles. The molecule has 1 atom stereocenters. The van der Waals surface area contributed by atoms with Gasteiger partial charge < -0.3 is 9.84 Å². The predicted octanol–water partition coefficient (Wildman–Crippen LogP) is 3.29. The Kier molecular flexibility index (Phi) is 5.13. The van der Waals surface area contributed by atoms with Crippen molar-refractivity contribution in [2.45, 2.75) is 19.4 Å². The fourth-order valence-electron chi connectivity index (χ4n) is 1.99. The summed E-state index contributed by atoms with van der Waals surface area (Å²) < 4.78 is 5.70. The van der Waals surface area contributed by atoms with Crippen LogP contribution in [0, 0.1) is 6.92 Å². The van der Waals surface area contributed by atoms with Gasteiger partial charge in [0, 0.05) is 5.92 Å². The van der Waals surface area contributed by atoms with Gasteiger partial charge in [-0.1, -0.05) is 60.2 Å². The molecule has 0 saturated carbocycles. The maximum atomic E-state index is 9.47. The van der Waals surface area contributed by atoms with E-state index in [4.69, 9.17) is 4.74 Å². The number of benzene rings is 2. The van der Waals surface area contributed by atoms with Crippen molar-refractivity contribution >= 4 is 0 Å². The second-order valence-electron chi connectivity index (χ2n) is 4.79. The molecule has 19 heavy (non-hydrogen) atoms. The number of aryl methyl sites for hydroxylation is 1. The second-order valence-corrected chi connectivity index (χ2v) is 4.79. The van der Waals surface area contributed by atoms with E-state index in [0.717, 1.165) is 11.1 Å². The van der Waals surface area contributed by atoms with Crippen LogP contribution in [0.5, 0.6) is 0 Å². The van der Waals surface area contributed by atoms with Crippen molar-refractivity contribution in [3.8, 4) is 0 Å². The van der Waals surface area contributed by atoms with Gasteiger partial charge in [-0.05, 0) is 18.1 Å². The lowest BCUT2D eigenvalue weighted by molar-refractivity contribution is 0.0882. The first kappa shape index (κ1) is 13.8. The van der Waals surface area contributed by atoms with E-state index >= 15 is 0 Å². The van der Waals surface area contributed by atoms with Gasteiger partial charge in [0.15, 0.2) is 0 Å². The van der Waals surface area contributed by atoms with Crippen molar-refractivity contribution in [1.29, 1.82) is 0 Å². The Bertz CT molecular complexity index is 476. The molecule has 0 fully saturated rings. The van der Waals surface area contributed by atoms with Crippen LogP contribution in [-0.2, 0) is 11.3 Å². The summed E-state index contributed by atoms with van der Waals surface area (Å²) in [5.74, 6) is 0.0457. The summed E-state index contributed by atoms with van der Waals surface area (Å²) in [6, 6.07) is 18.3. The first-order valence-electron chi connectivity index (χ1n) is 6.58. The van der Waals surface area contributed by atoms with Gasteiger partial charge in [0.05, 0.1) is 19.8 Å². The molecule has 0 aliphatic rings. The Morgan fingerprint density at radius 2 is 1.68 bits per heavy atom. The summed E-state index contributed by atoms with van der Waals surface area (Å²) >= 11 is 0. The van der Waals surface area contributed by atoms with E-state index < -0.39 is 0 Å². The van der Waals surface area contributed by atoms with Gasteiger partial charge in [0.1, 0.15) is 0 Å². The van der Waals surface area contributed by atoms with Gasteiger partial charge in [0.25, 0.3) is 0 Å². The van der Waals surface area contributed by atoms with Crippen LogP contribution in [0.3, 0.4) is 0 Å². The molecule has 100 valence electrons. The van der Waals surface area contributed by atoms with E-state index in [0.29, 0.717) is 13.2 Å². The van der Waals surface area contributed by atoms with Gasteiger partial charge in [0.2, 0.25) is 0 Å². The Hall–Kier alpha value is -1.64. The highest BCUT2D eigenvalue weighted by molar-refractivity contribution is 5.24. The quantitative estimate of drug-likeness (QED) is 0.859. The van der Waals surface area contributed by atoms with E-state index in [1.165, 1.54) is 5.56 Å². The molecular formula is C17H20O2. The third-order valence-corrected chi connectivity index (χ3v) is 3.20.